The van der Waals surface area contributed by atoms with Crippen LogP contribution in [0.1, 0.15) is 35.8 Å². The van der Waals surface area contributed by atoms with Crippen molar-refractivity contribution >= 4 is 22.6 Å². The third kappa shape index (κ3) is 3.00. The number of aromatic nitrogens is 4. The van der Waals surface area contributed by atoms with Gasteiger partial charge in [-0.25, -0.2) is 9.97 Å². The molecule has 5 rings (SSSR count). The topological polar surface area (TPSA) is 75.9 Å². The van der Waals surface area contributed by atoms with Gasteiger partial charge in [0.1, 0.15) is 12.1 Å². The number of anilines is 1. The second-order valence-corrected chi connectivity index (χ2v) is 7.95. The lowest BCUT2D eigenvalue weighted by molar-refractivity contribution is 0.0789. The number of fused-ring (bicyclic) bond motifs is 2. The van der Waals surface area contributed by atoms with E-state index in [1.807, 2.05) is 33.8 Å². The lowest BCUT2D eigenvalue weighted by Crippen LogP contribution is -2.32. The number of likely N-dealkylation sites (tertiary alicyclic amines) is 1. The molecule has 1 fully saturated rings. The second kappa shape index (κ2) is 6.89. The van der Waals surface area contributed by atoms with E-state index in [4.69, 9.17) is 0 Å². The molecular formula is C21H24N6O. The van der Waals surface area contributed by atoms with Crippen molar-refractivity contribution in [3.8, 4) is 0 Å². The molecule has 2 aliphatic rings. The first-order valence-electron chi connectivity index (χ1n) is 9.99. The molecule has 0 bridgehead atoms. The summed E-state index contributed by atoms with van der Waals surface area (Å²) in [6.45, 7) is 4.58. The zero-order valence-electron chi connectivity index (χ0n) is 16.0. The molecule has 0 aliphatic carbocycles. The lowest BCUT2D eigenvalue weighted by atomic mass is 9.96. The molecule has 2 atom stereocenters. The van der Waals surface area contributed by atoms with Crippen LogP contribution in [0, 0.1) is 5.92 Å². The van der Waals surface area contributed by atoms with Crippen LogP contribution in [0.25, 0.3) is 10.9 Å². The van der Waals surface area contributed by atoms with Crippen molar-refractivity contribution in [3.05, 3.63) is 48.0 Å². The molecule has 0 radical (unpaired) electrons. The Bertz CT molecular complexity index is 1020. The lowest BCUT2D eigenvalue weighted by Gasteiger charge is -2.22. The molecule has 7 nitrogen and oxygen atoms in total. The van der Waals surface area contributed by atoms with Gasteiger partial charge < -0.3 is 10.2 Å². The van der Waals surface area contributed by atoms with Gasteiger partial charge in [-0.2, -0.15) is 5.10 Å². The molecule has 1 amide bonds. The first-order valence-corrected chi connectivity index (χ1v) is 9.99. The number of aryl methyl sites for hydroxylation is 1. The Morgan fingerprint density at radius 1 is 1.18 bits per heavy atom. The minimum atomic E-state index is 0.104. The van der Waals surface area contributed by atoms with Gasteiger partial charge in [0.05, 0.1) is 23.0 Å². The van der Waals surface area contributed by atoms with Crippen molar-refractivity contribution in [1.29, 1.82) is 0 Å². The summed E-state index contributed by atoms with van der Waals surface area (Å²) < 4.78 is 2.01. The molecule has 3 aromatic rings. The van der Waals surface area contributed by atoms with Crippen molar-refractivity contribution in [1.82, 2.24) is 24.6 Å². The zero-order valence-corrected chi connectivity index (χ0v) is 16.0. The van der Waals surface area contributed by atoms with E-state index in [1.165, 1.54) is 0 Å². The molecule has 2 aliphatic heterocycles. The predicted molar refractivity (Wildman–Crippen MR) is 107 cm³/mol. The van der Waals surface area contributed by atoms with Gasteiger partial charge in [-0.3, -0.25) is 9.48 Å². The normalized spacial score (nSPS) is 21.7. The van der Waals surface area contributed by atoms with Crippen molar-refractivity contribution in [3.63, 3.8) is 0 Å². The van der Waals surface area contributed by atoms with Crippen molar-refractivity contribution in [2.24, 2.45) is 5.92 Å². The number of amides is 1. The molecule has 1 N–H and O–H groups in total. The van der Waals surface area contributed by atoms with Crippen LogP contribution in [0.2, 0.25) is 0 Å². The highest BCUT2D eigenvalue weighted by Crippen LogP contribution is 2.26. The Balaban J connectivity index is 1.31. The fourth-order valence-corrected chi connectivity index (χ4v) is 4.32. The SMILES string of the molecule is CC1CCn2ncc(C(=O)N3CC[C@@H](Nc4ncnc5ccccc45)C3)c2C1. The van der Waals surface area contributed by atoms with E-state index in [2.05, 4.69) is 27.3 Å². The number of benzene rings is 1. The number of carbonyl (C=O) groups excluding carboxylic acids is 1. The number of para-hydroxylation sites is 1. The van der Waals surface area contributed by atoms with E-state index in [-0.39, 0.29) is 11.9 Å². The van der Waals surface area contributed by atoms with Gasteiger partial charge in [-0.1, -0.05) is 19.1 Å². The van der Waals surface area contributed by atoms with E-state index in [0.29, 0.717) is 12.5 Å². The van der Waals surface area contributed by atoms with Crippen LogP contribution in [0.3, 0.4) is 0 Å². The van der Waals surface area contributed by atoms with Gasteiger partial charge in [-0.05, 0) is 37.3 Å². The van der Waals surface area contributed by atoms with Crippen LogP contribution in [-0.2, 0) is 13.0 Å². The summed E-state index contributed by atoms with van der Waals surface area (Å²) in [5.74, 6) is 1.55. The molecule has 0 saturated carbocycles. The fourth-order valence-electron chi connectivity index (χ4n) is 4.32. The Labute approximate surface area is 163 Å². The molecule has 1 unspecified atom stereocenters. The summed E-state index contributed by atoms with van der Waals surface area (Å²) in [7, 11) is 0. The van der Waals surface area contributed by atoms with E-state index in [0.717, 1.165) is 60.3 Å². The highest BCUT2D eigenvalue weighted by molar-refractivity contribution is 5.95. The number of nitrogens with zero attached hydrogens (tertiary/aromatic N) is 5. The van der Waals surface area contributed by atoms with E-state index in [9.17, 15) is 4.79 Å². The maximum absolute atomic E-state index is 13.1. The second-order valence-electron chi connectivity index (χ2n) is 7.95. The Hall–Kier alpha value is -2.96. The number of hydrogen-bond acceptors (Lipinski definition) is 5. The van der Waals surface area contributed by atoms with E-state index in [1.54, 1.807) is 12.5 Å². The smallest absolute Gasteiger partial charge is 0.257 e. The zero-order chi connectivity index (χ0) is 19.1. The molecule has 0 spiro atoms. The summed E-state index contributed by atoms with van der Waals surface area (Å²) >= 11 is 0. The predicted octanol–water partition coefficient (Wildman–Crippen LogP) is 2.74. The van der Waals surface area contributed by atoms with Crippen LogP contribution >= 0.6 is 0 Å². The molecule has 7 heteroatoms. The number of nitrogens with one attached hydrogen (secondary N) is 1. The molecule has 1 aromatic carbocycles. The highest BCUT2D eigenvalue weighted by atomic mass is 16.2. The monoisotopic (exact) mass is 376 g/mol. The van der Waals surface area contributed by atoms with Crippen LogP contribution in [0.4, 0.5) is 5.82 Å². The van der Waals surface area contributed by atoms with Crippen LogP contribution < -0.4 is 5.32 Å². The summed E-state index contributed by atoms with van der Waals surface area (Å²) in [6, 6.07) is 8.16. The minimum absolute atomic E-state index is 0.104. The Morgan fingerprint density at radius 2 is 2.07 bits per heavy atom. The Kier molecular flexibility index (Phi) is 4.22. The first-order chi connectivity index (χ1) is 13.7. The molecule has 144 valence electrons. The number of carbonyl (C=O) groups is 1. The van der Waals surface area contributed by atoms with Gasteiger partial charge in [0.2, 0.25) is 0 Å². The third-order valence-corrected chi connectivity index (χ3v) is 5.91. The molecular weight excluding hydrogens is 352 g/mol. The summed E-state index contributed by atoms with van der Waals surface area (Å²) in [5, 5.41) is 8.97. The third-order valence-electron chi connectivity index (χ3n) is 5.91. The number of hydrogen-bond donors (Lipinski definition) is 1. The van der Waals surface area contributed by atoms with Crippen molar-refractivity contribution < 1.29 is 4.79 Å². The van der Waals surface area contributed by atoms with Gasteiger partial charge in [0.15, 0.2) is 0 Å². The number of rotatable bonds is 3. The van der Waals surface area contributed by atoms with Crippen LogP contribution in [0.5, 0.6) is 0 Å². The summed E-state index contributed by atoms with van der Waals surface area (Å²) in [4.78, 5) is 23.8. The largest absolute Gasteiger partial charge is 0.365 e. The average molecular weight is 376 g/mol. The molecule has 2 aromatic heterocycles. The van der Waals surface area contributed by atoms with E-state index >= 15 is 0 Å². The molecule has 4 heterocycles. The summed E-state index contributed by atoms with van der Waals surface area (Å²) in [5.41, 5.74) is 2.80. The maximum Gasteiger partial charge on any atom is 0.257 e. The Morgan fingerprint density at radius 3 is 3.00 bits per heavy atom. The van der Waals surface area contributed by atoms with Crippen LogP contribution in [0.15, 0.2) is 36.8 Å². The van der Waals surface area contributed by atoms with Gasteiger partial charge in [0, 0.05) is 31.1 Å². The van der Waals surface area contributed by atoms with Crippen molar-refractivity contribution in [2.75, 3.05) is 18.4 Å². The minimum Gasteiger partial charge on any atom is -0.365 e. The standard InChI is InChI=1S/C21H24N6O/c1-14-6-9-27-19(10-14)17(11-24-27)21(28)26-8-7-15(12-26)25-20-16-4-2-3-5-18(16)22-13-23-20/h2-5,11,13-15H,6-10,12H2,1H3,(H,22,23,25)/t14?,15-/m1/s1. The average Bonchev–Trinajstić information content (AvgIpc) is 3.34. The van der Waals surface area contributed by atoms with Gasteiger partial charge in [-0.15, -0.1) is 0 Å². The van der Waals surface area contributed by atoms with Gasteiger partial charge >= 0.3 is 0 Å². The fraction of sp³-hybridized carbons (Fsp3) is 0.429. The maximum atomic E-state index is 13.1. The first kappa shape index (κ1) is 17.2. The molecule has 28 heavy (non-hydrogen) atoms. The highest BCUT2D eigenvalue weighted by Gasteiger charge is 2.31. The quantitative estimate of drug-likeness (QED) is 0.761. The molecule has 1 saturated heterocycles. The van der Waals surface area contributed by atoms with Crippen molar-refractivity contribution in [2.45, 2.75) is 38.8 Å². The summed E-state index contributed by atoms with van der Waals surface area (Å²) in [6.07, 6.45) is 6.32. The van der Waals surface area contributed by atoms with E-state index < -0.39 is 0 Å². The van der Waals surface area contributed by atoms with Gasteiger partial charge in [0.25, 0.3) is 5.91 Å². The van der Waals surface area contributed by atoms with Crippen LogP contribution in [-0.4, -0.2) is 49.7 Å².